The number of nitrogen functional groups attached to an aromatic ring is 3. The second-order valence-corrected chi connectivity index (χ2v) is 19.5. The molecule has 0 spiro atoms. The fourth-order valence-electron chi connectivity index (χ4n) is 4.52. The highest BCUT2D eigenvalue weighted by Gasteiger charge is 2.58. The van der Waals surface area contributed by atoms with Crippen molar-refractivity contribution in [2.75, 3.05) is 17.2 Å². The summed E-state index contributed by atoms with van der Waals surface area (Å²) in [6.07, 6.45) is 0. The first-order valence-electron chi connectivity index (χ1n) is 15.9. The molecule has 0 bridgehead atoms. The first-order valence-corrected chi connectivity index (χ1v) is 22.1. The first-order chi connectivity index (χ1) is 26.1. The van der Waals surface area contributed by atoms with Crippen molar-refractivity contribution in [3.05, 3.63) is 159 Å². The van der Waals surface area contributed by atoms with Gasteiger partial charge >= 0.3 is 24.6 Å². The van der Waals surface area contributed by atoms with Crippen LogP contribution in [0.3, 0.4) is 0 Å². The minimum Gasteiger partial charge on any atom is -0.440 e. The zero-order valence-corrected chi connectivity index (χ0v) is 35.3. The summed E-state index contributed by atoms with van der Waals surface area (Å²) in [6, 6.07) is 42.7. The van der Waals surface area contributed by atoms with E-state index < -0.39 is 24.6 Å². The number of halogens is 3. The van der Waals surface area contributed by atoms with Gasteiger partial charge in [-0.15, -0.1) is 4.52 Å². The molecule has 0 fully saturated rings. The molecule has 1 heterocycles. The minimum absolute atomic E-state index is 0.429. The summed E-state index contributed by atoms with van der Waals surface area (Å²) in [7, 11) is -8.37. The van der Waals surface area contributed by atoms with E-state index in [1.54, 1.807) is 109 Å². The predicted octanol–water partition coefficient (Wildman–Crippen LogP) is 12.3. The van der Waals surface area contributed by atoms with E-state index in [9.17, 15) is 0 Å². The fraction of sp³-hybridized carbons (Fsp3) is 0. The van der Waals surface area contributed by atoms with Gasteiger partial charge in [0, 0.05) is 39.7 Å². The number of benzene rings is 6. The second-order valence-electron chi connectivity index (χ2n) is 11.2. The van der Waals surface area contributed by atoms with E-state index in [2.05, 4.69) is 47.8 Å². The van der Waals surface area contributed by atoms with Gasteiger partial charge in [0.1, 0.15) is 34.5 Å². The van der Waals surface area contributed by atoms with Gasteiger partial charge in [-0.3, -0.25) is 0 Å². The lowest BCUT2D eigenvalue weighted by molar-refractivity contribution is 0.0545. The topological polar surface area (TPSA) is 152 Å². The van der Waals surface area contributed by atoms with E-state index in [1.165, 1.54) is 9.21 Å². The van der Waals surface area contributed by atoms with Gasteiger partial charge < -0.3 is 45.0 Å². The van der Waals surface area contributed by atoms with Crippen molar-refractivity contribution in [3.8, 4) is 34.5 Å². The Balaban J connectivity index is 1.48. The molecule has 2 atom stereocenters. The summed E-state index contributed by atoms with van der Waals surface area (Å²) in [5.41, 5.74) is 19.8. The fourth-order valence-corrected chi connectivity index (χ4v) is 12.8. The molecule has 0 amide bonds. The number of anilines is 3. The molecule has 0 aliphatic carbocycles. The summed E-state index contributed by atoms with van der Waals surface area (Å²) in [6.45, 7) is 0. The first kappa shape index (κ1) is 38.3. The molecule has 6 N–H and O–H groups in total. The number of rotatable bonds is 12. The Morgan fingerprint density at radius 1 is 0.444 bits per heavy atom. The maximum Gasteiger partial charge on any atom is 0.447 e. The highest BCUT2D eigenvalue weighted by Crippen LogP contribution is 2.77. The third-order valence-corrected chi connectivity index (χ3v) is 15.6. The maximum absolute atomic E-state index is 6.94. The Kier molecular flexibility index (Phi) is 12.2. The van der Waals surface area contributed by atoms with Gasteiger partial charge in [0.05, 0.1) is 0 Å². The summed E-state index contributed by atoms with van der Waals surface area (Å²) < 4.78 is 38.3. The minimum atomic E-state index is -3.90. The Morgan fingerprint density at radius 2 is 0.796 bits per heavy atom. The Labute approximate surface area is 339 Å². The third kappa shape index (κ3) is 9.60. The molecule has 2 unspecified atom stereocenters. The zero-order chi connectivity index (χ0) is 37.7. The van der Waals surface area contributed by atoms with E-state index >= 15 is 0 Å². The Morgan fingerprint density at radius 3 is 1.24 bits per heavy atom. The molecular formula is C36H30Br3N6O6P3. The van der Waals surface area contributed by atoms with Crippen LogP contribution in [-0.4, -0.2) is 9.21 Å². The van der Waals surface area contributed by atoms with E-state index in [0.717, 1.165) is 13.4 Å². The van der Waals surface area contributed by atoms with Crippen LogP contribution < -0.4 is 45.0 Å². The maximum atomic E-state index is 6.94. The van der Waals surface area contributed by atoms with Crippen molar-refractivity contribution in [3.63, 3.8) is 0 Å². The Bertz CT molecular complexity index is 2180. The molecule has 6 aromatic carbocycles. The molecule has 6 aromatic rings. The number of hydrogen-bond acceptors (Lipinski definition) is 12. The average molecular weight is 975 g/mol. The SMILES string of the molecule is Nc1ccc(ON2P(Oc3ccc(N)cc3)N=P(Oc3ccc(Br)cc3)(Oc3ccc(Br)cc3)N(Oc3ccc(Br)cc3)P2Oc2ccc(N)cc2)cc1. The molecule has 1 aliphatic heterocycles. The molecule has 276 valence electrons. The van der Waals surface area contributed by atoms with E-state index in [4.69, 9.17) is 49.5 Å². The van der Waals surface area contributed by atoms with Crippen LogP contribution in [0.25, 0.3) is 0 Å². The lowest BCUT2D eigenvalue weighted by atomic mass is 10.3. The summed E-state index contributed by atoms with van der Waals surface area (Å²) in [4.78, 5) is 13.5. The van der Waals surface area contributed by atoms with Crippen molar-refractivity contribution >= 4 is 89.4 Å². The van der Waals surface area contributed by atoms with Gasteiger partial charge in [0.25, 0.3) is 0 Å². The normalized spacial score (nSPS) is 16.8. The lowest BCUT2D eigenvalue weighted by Crippen LogP contribution is -2.37. The summed E-state index contributed by atoms with van der Waals surface area (Å²) >= 11 is 10.6. The molecule has 54 heavy (non-hydrogen) atoms. The van der Waals surface area contributed by atoms with Crippen LogP contribution >= 0.6 is 72.3 Å². The van der Waals surface area contributed by atoms with E-state index in [0.29, 0.717) is 51.6 Å². The van der Waals surface area contributed by atoms with Gasteiger partial charge in [-0.25, -0.2) is 0 Å². The van der Waals surface area contributed by atoms with Crippen molar-refractivity contribution in [2.45, 2.75) is 0 Å². The number of hydrogen-bond donors (Lipinski definition) is 3. The van der Waals surface area contributed by atoms with Crippen LogP contribution in [0.4, 0.5) is 17.1 Å². The zero-order valence-electron chi connectivity index (χ0n) is 27.9. The van der Waals surface area contributed by atoms with E-state index in [-0.39, 0.29) is 0 Å². The smallest absolute Gasteiger partial charge is 0.440 e. The highest BCUT2D eigenvalue weighted by molar-refractivity contribution is 9.11. The molecule has 0 aromatic heterocycles. The summed E-state index contributed by atoms with van der Waals surface area (Å²) in [5.74, 6) is 2.64. The Hall–Kier alpha value is -4.03. The van der Waals surface area contributed by atoms with Crippen LogP contribution in [0.15, 0.2) is 164 Å². The number of nitrogens with two attached hydrogens (primary N) is 3. The molecule has 0 radical (unpaired) electrons. The van der Waals surface area contributed by atoms with Gasteiger partial charge in [-0.1, -0.05) is 47.8 Å². The van der Waals surface area contributed by atoms with Crippen molar-refractivity contribution in [1.82, 2.24) is 9.21 Å². The molecule has 12 nitrogen and oxygen atoms in total. The molecule has 1 aliphatic rings. The van der Waals surface area contributed by atoms with Gasteiger partial charge in [0.2, 0.25) is 0 Å². The lowest BCUT2D eigenvalue weighted by Gasteiger charge is -2.43. The summed E-state index contributed by atoms with van der Waals surface area (Å²) in [5, 5.41) is 0. The molecule has 18 heteroatoms. The van der Waals surface area contributed by atoms with E-state index in [1.807, 2.05) is 36.4 Å². The second kappa shape index (κ2) is 17.2. The van der Waals surface area contributed by atoms with Crippen LogP contribution in [0.2, 0.25) is 0 Å². The van der Waals surface area contributed by atoms with Gasteiger partial charge in [-0.05, 0) is 146 Å². The van der Waals surface area contributed by atoms with Crippen molar-refractivity contribution < 1.29 is 27.8 Å². The standard InChI is InChI=1S/C36H30Br3N6O6P3/c37-25-1-13-32(14-2-25)47-45-53(49-34-23-11-30(42)12-24-34)44(46-31-19-7-28(40)8-20-31)52(48-33-21-9-29(41)10-22-33)43-54(45,50-35-15-3-26(38)4-16-35)51-36-17-5-27(39)6-18-36/h1-24H,40-42H2. The molecule has 0 saturated carbocycles. The monoisotopic (exact) mass is 972 g/mol. The van der Waals surface area contributed by atoms with Crippen molar-refractivity contribution in [2.24, 2.45) is 4.52 Å². The highest BCUT2D eigenvalue weighted by atomic mass is 79.9. The largest absolute Gasteiger partial charge is 0.447 e. The quantitative estimate of drug-likeness (QED) is 0.0793. The van der Waals surface area contributed by atoms with Crippen LogP contribution in [0.1, 0.15) is 0 Å². The van der Waals surface area contributed by atoms with Crippen LogP contribution in [0, 0.1) is 0 Å². The average Bonchev–Trinajstić information content (AvgIpc) is 3.16. The van der Waals surface area contributed by atoms with Crippen LogP contribution in [0.5, 0.6) is 34.5 Å². The molecular weight excluding hydrogens is 945 g/mol. The van der Waals surface area contributed by atoms with Gasteiger partial charge in [0.15, 0.2) is 0 Å². The number of nitrogens with zero attached hydrogens (tertiary/aromatic N) is 3. The molecule has 7 rings (SSSR count). The van der Waals surface area contributed by atoms with Crippen molar-refractivity contribution in [1.29, 1.82) is 0 Å². The third-order valence-electron chi connectivity index (χ3n) is 7.12. The van der Waals surface area contributed by atoms with Crippen LogP contribution in [-0.2, 0) is 0 Å². The predicted molar refractivity (Wildman–Crippen MR) is 226 cm³/mol. The van der Waals surface area contributed by atoms with Gasteiger partial charge in [-0.2, -0.15) is 0 Å². The molecule has 0 saturated heterocycles.